The number of benzene rings is 1. The number of imidazole rings is 1. The van der Waals surface area contributed by atoms with Crippen molar-refractivity contribution in [2.45, 2.75) is 13.5 Å². The van der Waals surface area contributed by atoms with Crippen molar-refractivity contribution in [3.05, 3.63) is 48.5 Å². The van der Waals surface area contributed by atoms with E-state index >= 15 is 0 Å². The van der Waals surface area contributed by atoms with Crippen LogP contribution in [-0.4, -0.2) is 22.0 Å². The minimum absolute atomic E-state index is 0. The molecule has 3 N–H and O–H groups in total. The smallest absolute Gasteiger partial charge is 0.253 e. The summed E-state index contributed by atoms with van der Waals surface area (Å²) in [6, 6.07) is 7.07. The first-order valence-corrected chi connectivity index (χ1v) is 6.25. The number of hydrogen-bond donors (Lipinski definition) is 2. The number of nitrogens with one attached hydrogen (secondary N) is 1. The number of hydrogen-bond acceptors (Lipinski definition) is 3. The number of halogens is 2. The highest BCUT2D eigenvalue weighted by atomic mass is 35.5. The summed E-state index contributed by atoms with van der Waals surface area (Å²) in [5.74, 6) is 0.193. The summed E-state index contributed by atoms with van der Waals surface area (Å²) < 4.78 is 1.99. The van der Waals surface area contributed by atoms with Crippen LogP contribution in [0.5, 0.6) is 0 Å². The number of para-hydroxylation sites is 1. The fourth-order valence-electron chi connectivity index (χ4n) is 1.89. The molecule has 0 aliphatic carbocycles. The lowest BCUT2D eigenvalue weighted by molar-refractivity contribution is 0.0948. The third-order valence-corrected chi connectivity index (χ3v) is 2.90. The minimum atomic E-state index is -0.129. The zero-order valence-electron chi connectivity index (χ0n) is 11.7. The Kier molecular flexibility index (Phi) is 8.50. The minimum Gasteiger partial charge on any atom is -0.398 e. The van der Waals surface area contributed by atoms with Crippen LogP contribution in [-0.2, 0) is 6.54 Å². The van der Waals surface area contributed by atoms with Crippen molar-refractivity contribution in [1.82, 2.24) is 14.9 Å². The highest BCUT2D eigenvalue weighted by Crippen LogP contribution is 2.10. The van der Waals surface area contributed by atoms with Crippen LogP contribution >= 0.6 is 24.8 Å². The van der Waals surface area contributed by atoms with Gasteiger partial charge in [0.15, 0.2) is 0 Å². The molecule has 1 aromatic heterocycles. The molecule has 2 rings (SSSR count). The monoisotopic (exact) mass is 330 g/mol. The predicted molar refractivity (Wildman–Crippen MR) is 89.1 cm³/mol. The van der Waals surface area contributed by atoms with Gasteiger partial charge in [-0.2, -0.15) is 0 Å². The SMILES string of the molecule is CC(CNC(=O)c1ccccc1N)Cn1ccnc1.Cl.Cl. The Labute approximate surface area is 136 Å². The normalized spacial score (nSPS) is 10.9. The molecule has 2 aromatic rings. The van der Waals surface area contributed by atoms with E-state index in [0.717, 1.165) is 6.54 Å². The molecule has 0 saturated heterocycles. The molecule has 5 nitrogen and oxygen atoms in total. The van der Waals surface area contributed by atoms with Gasteiger partial charge in [-0.05, 0) is 18.1 Å². The lowest BCUT2D eigenvalue weighted by Gasteiger charge is -2.13. The van der Waals surface area contributed by atoms with E-state index in [-0.39, 0.29) is 30.7 Å². The number of carbonyl (C=O) groups excluding carboxylic acids is 1. The average Bonchev–Trinajstić information content (AvgIpc) is 2.89. The first kappa shape index (κ1) is 19.3. The van der Waals surface area contributed by atoms with Gasteiger partial charge in [-0.1, -0.05) is 19.1 Å². The van der Waals surface area contributed by atoms with E-state index in [9.17, 15) is 4.79 Å². The van der Waals surface area contributed by atoms with E-state index in [1.807, 2.05) is 16.8 Å². The molecule has 0 aliphatic rings. The number of carbonyl (C=O) groups is 1. The number of rotatable bonds is 5. The Balaban J connectivity index is 0.00000200. The van der Waals surface area contributed by atoms with Crippen LogP contribution < -0.4 is 11.1 Å². The Morgan fingerprint density at radius 2 is 2.10 bits per heavy atom. The standard InChI is InChI=1S/C14H18N4O.2ClH/c1-11(9-18-7-6-16-10-18)8-17-14(19)12-4-2-3-5-13(12)15;;/h2-7,10-11H,8-9,15H2,1H3,(H,17,19);2*1H. The maximum absolute atomic E-state index is 12.0. The Hall–Kier alpha value is -1.72. The molecule has 0 fully saturated rings. The van der Waals surface area contributed by atoms with Gasteiger partial charge in [0.25, 0.3) is 5.91 Å². The average molecular weight is 331 g/mol. The van der Waals surface area contributed by atoms with Crippen LogP contribution in [0.25, 0.3) is 0 Å². The largest absolute Gasteiger partial charge is 0.398 e. The number of aromatic nitrogens is 2. The van der Waals surface area contributed by atoms with Gasteiger partial charge in [0.05, 0.1) is 11.9 Å². The summed E-state index contributed by atoms with van der Waals surface area (Å²) in [7, 11) is 0. The molecular formula is C14H20Cl2N4O. The van der Waals surface area contributed by atoms with Crippen LogP contribution in [0.2, 0.25) is 0 Å². The Bertz CT molecular complexity index is 546. The van der Waals surface area contributed by atoms with Gasteiger partial charge in [-0.15, -0.1) is 24.8 Å². The Morgan fingerprint density at radius 1 is 1.38 bits per heavy atom. The molecule has 21 heavy (non-hydrogen) atoms. The molecule has 0 radical (unpaired) electrons. The molecule has 0 spiro atoms. The maximum Gasteiger partial charge on any atom is 0.253 e. The molecular weight excluding hydrogens is 311 g/mol. The number of nitrogens with two attached hydrogens (primary N) is 1. The molecule has 116 valence electrons. The van der Waals surface area contributed by atoms with Gasteiger partial charge in [0, 0.05) is 31.2 Å². The molecule has 0 bridgehead atoms. The van der Waals surface area contributed by atoms with E-state index in [0.29, 0.717) is 23.7 Å². The molecule has 1 unspecified atom stereocenters. The molecule has 1 atom stereocenters. The van der Waals surface area contributed by atoms with Crippen molar-refractivity contribution >= 4 is 36.4 Å². The lowest BCUT2D eigenvalue weighted by atomic mass is 10.1. The highest BCUT2D eigenvalue weighted by Gasteiger charge is 2.10. The van der Waals surface area contributed by atoms with Crippen LogP contribution in [0.4, 0.5) is 5.69 Å². The fraction of sp³-hybridized carbons (Fsp3) is 0.286. The molecule has 1 heterocycles. The summed E-state index contributed by atoms with van der Waals surface area (Å²) >= 11 is 0. The van der Waals surface area contributed by atoms with Gasteiger partial charge in [-0.25, -0.2) is 4.98 Å². The van der Waals surface area contributed by atoms with Crippen LogP contribution in [0.15, 0.2) is 43.0 Å². The Morgan fingerprint density at radius 3 is 2.71 bits per heavy atom. The summed E-state index contributed by atoms with van der Waals surface area (Å²) in [5.41, 5.74) is 6.79. The fourth-order valence-corrected chi connectivity index (χ4v) is 1.89. The van der Waals surface area contributed by atoms with Gasteiger partial charge >= 0.3 is 0 Å². The number of nitrogens with zero attached hydrogens (tertiary/aromatic N) is 2. The summed E-state index contributed by atoms with van der Waals surface area (Å²) in [6.45, 7) is 3.50. The van der Waals surface area contributed by atoms with Gasteiger partial charge in [-0.3, -0.25) is 4.79 Å². The quantitative estimate of drug-likeness (QED) is 0.826. The van der Waals surface area contributed by atoms with E-state index in [1.54, 1.807) is 30.7 Å². The van der Waals surface area contributed by atoms with Crippen molar-refractivity contribution in [3.8, 4) is 0 Å². The van der Waals surface area contributed by atoms with Crippen molar-refractivity contribution in [3.63, 3.8) is 0 Å². The highest BCUT2D eigenvalue weighted by molar-refractivity contribution is 5.99. The zero-order valence-corrected chi connectivity index (χ0v) is 13.4. The zero-order chi connectivity index (χ0) is 13.7. The van der Waals surface area contributed by atoms with Gasteiger partial charge in [0.2, 0.25) is 0 Å². The predicted octanol–water partition coefficient (Wildman–Crippen LogP) is 2.38. The van der Waals surface area contributed by atoms with Gasteiger partial charge in [0.1, 0.15) is 0 Å². The number of amides is 1. The van der Waals surface area contributed by atoms with Crippen LogP contribution in [0.3, 0.4) is 0 Å². The number of nitrogen functional groups attached to an aromatic ring is 1. The molecule has 1 amide bonds. The lowest BCUT2D eigenvalue weighted by Crippen LogP contribution is -2.30. The second kappa shape index (κ2) is 9.26. The topological polar surface area (TPSA) is 72.9 Å². The number of anilines is 1. The summed E-state index contributed by atoms with van der Waals surface area (Å²) in [6.07, 6.45) is 5.43. The van der Waals surface area contributed by atoms with Crippen LogP contribution in [0.1, 0.15) is 17.3 Å². The van der Waals surface area contributed by atoms with E-state index < -0.39 is 0 Å². The summed E-state index contributed by atoms with van der Waals surface area (Å²) in [4.78, 5) is 16.0. The van der Waals surface area contributed by atoms with Crippen molar-refractivity contribution < 1.29 is 4.79 Å². The maximum atomic E-state index is 12.0. The molecule has 0 saturated carbocycles. The third kappa shape index (κ3) is 5.65. The first-order chi connectivity index (χ1) is 9.16. The molecule has 0 aliphatic heterocycles. The molecule has 7 heteroatoms. The van der Waals surface area contributed by atoms with E-state index in [2.05, 4.69) is 17.2 Å². The van der Waals surface area contributed by atoms with Crippen molar-refractivity contribution in [2.75, 3.05) is 12.3 Å². The second-order valence-electron chi connectivity index (χ2n) is 4.66. The first-order valence-electron chi connectivity index (χ1n) is 6.25. The summed E-state index contributed by atoms with van der Waals surface area (Å²) in [5, 5.41) is 2.90. The third-order valence-electron chi connectivity index (χ3n) is 2.90. The van der Waals surface area contributed by atoms with Crippen LogP contribution in [0, 0.1) is 5.92 Å². The van der Waals surface area contributed by atoms with Gasteiger partial charge < -0.3 is 15.6 Å². The van der Waals surface area contributed by atoms with E-state index in [4.69, 9.17) is 5.73 Å². The van der Waals surface area contributed by atoms with E-state index in [1.165, 1.54) is 0 Å². The molecule has 1 aromatic carbocycles. The van der Waals surface area contributed by atoms with Crippen molar-refractivity contribution in [1.29, 1.82) is 0 Å². The second-order valence-corrected chi connectivity index (χ2v) is 4.66. The van der Waals surface area contributed by atoms with Crippen molar-refractivity contribution in [2.24, 2.45) is 5.92 Å².